The summed E-state index contributed by atoms with van der Waals surface area (Å²) in [5.41, 5.74) is 0.857. The van der Waals surface area contributed by atoms with Gasteiger partial charge < -0.3 is 19.6 Å². The Kier molecular flexibility index (Phi) is 5.38. The van der Waals surface area contributed by atoms with Crippen LogP contribution < -0.4 is 9.80 Å². The first-order valence-electron chi connectivity index (χ1n) is 8.39. The second-order valence-corrected chi connectivity index (χ2v) is 6.25. The quantitative estimate of drug-likeness (QED) is 0.842. The Bertz CT molecular complexity index is 783. The minimum Gasteiger partial charge on any atom is -0.385 e. The first-order valence-corrected chi connectivity index (χ1v) is 8.39. The van der Waals surface area contributed by atoms with Crippen molar-refractivity contribution in [2.75, 3.05) is 30.0 Å². The molecular formula is C17H23N7O2. The van der Waals surface area contributed by atoms with Crippen LogP contribution in [0.4, 0.5) is 11.8 Å². The van der Waals surface area contributed by atoms with Crippen molar-refractivity contribution in [1.29, 1.82) is 0 Å². The monoisotopic (exact) mass is 357 g/mol. The molecule has 2 atom stereocenters. The van der Waals surface area contributed by atoms with Crippen LogP contribution >= 0.6 is 0 Å². The van der Waals surface area contributed by atoms with Gasteiger partial charge in [-0.3, -0.25) is 0 Å². The van der Waals surface area contributed by atoms with Gasteiger partial charge in [-0.15, -0.1) is 0 Å². The molecule has 1 fully saturated rings. The molecule has 9 heteroatoms. The minimum absolute atomic E-state index is 0.0824. The van der Waals surface area contributed by atoms with Crippen LogP contribution in [-0.4, -0.2) is 56.3 Å². The fourth-order valence-electron chi connectivity index (χ4n) is 2.96. The van der Waals surface area contributed by atoms with Gasteiger partial charge in [-0.25, -0.2) is 19.9 Å². The molecule has 0 radical (unpaired) electrons. The molecule has 1 aliphatic heterocycles. The predicted molar refractivity (Wildman–Crippen MR) is 96.5 cm³/mol. The maximum Gasteiger partial charge on any atom is 0.233 e. The highest BCUT2D eigenvalue weighted by atomic mass is 16.5. The Morgan fingerprint density at radius 2 is 2.15 bits per heavy atom. The molecule has 0 amide bonds. The fourth-order valence-corrected chi connectivity index (χ4v) is 2.96. The molecule has 3 heterocycles. The van der Waals surface area contributed by atoms with Crippen LogP contribution in [0.2, 0.25) is 0 Å². The number of ether oxygens (including phenoxy) is 1. The van der Waals surface area contributed by atoms with Crippen molar-refractivity contribution in [3.8, 4) is 0 Å². The summed E-state index contributed by atoms with van der Waals surface area (Å²) in [7, 11) is 1.60. The highest BCUT2D eigenvalue weighted by molar-refractivity contribution is 5.50. The van der Waals surface area contributed by atoms with Gasteiger partial charge in [-0.2, -0.15) is 4.98 Å². The molecule has 0 aliphatic carbocycles. The van der Waals surface area contributed by atoms with Crippen LogP contribution in [0.25, 0.3) is 0 Å². The van der Waals surface area contributed by atoms with Crippen LogP contribution in [0.3, 0.4) is 0 Å². The van der Waals surface area contributed by atoms with Crippen molar-refractivity contribution in [2.45, 2.75) is 32.6 Å². The number of anilines is 2. The van der Waals surface area contributed by atoms with E-state index in [1.807, 2.05) is 11.0 Å². The fraction of sp³-hybridized carbons (Fsp3) is 0.471. The molecule has 0 spiro atoms. The van der Waals surface area contributed by atoms with Crippen molar-refractivity contribution in [1.82, 2.24) is 24.9 Å². The van der Waals surface area contributed by atoms with E-state index < -0.39 is 6.10 Å². The number of piperazine rings is 1. The Morgan fingerprint density at radius 3 is 2.85 bits per heavy atom. The molecule has 1 N–H and O–H groups in total. The standard InChI is InChI=1S/C17H23N7O2/c1-11-7-23(15-5-6-18-16(22-15)13(3)25)8-12(2)24(11)17-20-10-19-14(21-17)9-26-4/h5-6,10,12-13,25H,1,7-9H2,2-4H3/t12-,13-/m1/s1. The van der Waals surface area contributed by atoms with Crippen LogP contribution in [0.15, 0.2) is 30.9 Å². The molecule has 0 aromatic carbocycles. The van der Waals surface area contributed by atoms with Crippen LogP contribution in [0.5, 0.6) is 0 Å². The average molecular weight is 357 g/mol. The largest absolute Gasteiger partial charge is 0.385 e. The third-order valence-corrected chi connectivity index (χ3v) is 4.09. The van der Waals surface area contributed by atoms with Gasteiger partial charge in [0.1, 0.15) is 24.9 Å². The van der Waals surface area contributed by atoms with Crippen molar-refractivity contribution >= 4 is 11.8 Å². The van der Waals surface area contributed by atoms with Gasteiger partial charge >= 0.3 is 0 Å². The van der Waals surface area contributed by atoms with E-state index in [-0.39, 0.29) is 6.04 Å². The summed E-state index contributed by atoms with van der Waals surface area (Å²) in [6.07, 6.45) is 2.44. The van der Waals surface area contributed by atoms with Gasteiger partial charge in [0.15, 0.2) is 11.6 Å². The number of hydrogen-bond donors (Lipinski definition) is 1. The number of rotatable bonds is 5. The summed E-state index contributed by atoms with van der Waals surface area (Å²) in [6, 6.07) is 1.92. The van der Waals surface area contributed by atoms with Crippen molar-refractivity contribution in [3.05, 3.63) is 42.5 Å². The van der Waals surface area contributed by atoms with E-state index in [2.05, 4.69) is 43.3 Å². The van der Waals surface area contributed by atoms with E-state index in [9.17, 15) is 5.11 Å². The van der Waals surface area contributed by atoms with Gasteiger partial charge in [-0.05, 0) is 19.9 Å². The maximum atomic E-state index is 9.71. The highest BCUT2D eigenvalue weighted by Gasteiger charge is 2.30. The lowest BCUT2D eigenvalue weighted by molar-refractivity contribution is 0.177. The number of methoxy groups -OCH3 is 1. The maximum absolute atomic E-state index is 9.71. The number of hydrogen-bond acceptors (Lipinski definition) is 9. The van der Waals surface area contributed by atoms with Crippen LogP contribution in [0.1, 0.15) is 31.6 Å². The van der Waals surface area contributed by atoms with Crippen LogP contribution in [-0.2, 0) is 11.3 Å². The second-order valence-electron chi connectivity index (χ2n) is 6.25. The molecule has 0 unspecified atom stereocenters. The zero-order chi connectivity index (χ0) is 18.7. The van der Waals surface area contributed by atoms with E-state index in [0.29, 0.717) is 37.3 Å². The van der Waals surface area contributed by atoms with E-state index in [1.54, 1.807) is 20.2 Å². The second kappa shape index (κ2) is 7.71. The van der Waals surface area contributed by atoms with Gasteiger partial charge in [0.2, 0.25) is 5.95 Å². The predicted octanol–water partition coefficient (Wildman–Crippen LogP) is 1.09. The molecule has 0 bridgehead atoms. The van der Waals surface area contributed by atoms with Gasteiger partial charge in [0.05, 0.1) is 12.6 Å². The average Bonchev–Trinajstić information content (AvgIpc) is 2.62. The number of aliphatic hydroxyl groups excluding tert-OH is 1. The summed E-state index contributed by atoms with van der Waals surface area (Å²) in [4.78, 5) is 25.5. The van der Waals surface area contributed by atoms with Crippen LogP contribution in [0, 0.1) is 0 Å². The summed E-state index contributed by atoms with van der Waals surface area (Å²) < 4.78 is 5.09. The Balaban J connectivity index is 1.80. The molecule has 26 heavy (non-hydrogen) atoms. The van der Waals surface area contributed by atoms with Crippen molar-refractivity contribution in [3.63, 3.8) is 0 Å². The Morgan fingerprint density at radius 1 is 1.35 bits per heavy atom. The lowest BCUT2D eigenvalue weighted by Crippen LogP contribution is -2.51. The van der Waals surface area contributed by atoms with Crippen molar-refractivity contribution < 1.29 is 9.84 Å². The molecule has 3 rings (SSSR count). The Labute approximate surface area is 152 Å². The lowest BCUT2D eigenvalue weighted by atomic mass is 10.1. The van der Waals surface area contributed by atoms with Gasteiger partial charge in [0, 0.05) is 25.5 Å². The minimum atomic E-state index is -0.707. The molecule has 1 saturated heterocycles. The summed E-state index contributed by atoms with van der Waals surface area (Å²) in [5.74, 6) is 2.32. The third kappa shape index (κ3) is 3.78. The van der Waals surface area contributed by atoms with Crippen molar-refractivity contribution in [2.24, 2.45) is 0 Å². The molecule has 138 valence electrons. The van der Waals surface area contributed by atoms with Gasteiger partial charge in [0.25, 0.3) is 0 Å². The SMILES string of the molecule is C=C1CN(c2ccnc([C@@H](C)O)n2)C[C@@H](C)N1c1ncnc(COC)n1. The summed E-state index contributed by atoms with van der Waals surface area (Å²) in [6.45, 7) is 9.54. The molecule has 0 saturated carbocycles. The number of aromatic nitrogens is 5. The van der Waals surface area contributed by atoms with E-state index in [0.717, 1.165) is 11.5 Å². The Hall–Kier alpha value is -2.65. The van der Waals surface area contributed by atoms with E-state index in [4.69, 9.17) is 4.74 Å². The zero-order valence-electron chi connectivity index (χ0n) is 15.2. The third-order valence-electron chi connectivity index (χ3n) is 4.09. The molecule has 9 nitrogen and oxygen atoms in total. The smallest absolute Gasteiger partial charge is 0.233 e. The first kappa shape index (κ1) is 18.2. The zero-order valence-corrected chi connectivity index (χ0v) is 15.2. The lowest BCUT2D eigenvalue weighted by Gasteiger charge is -2.41. The number of aliphatic hydroxyl groups is 1. The molecular weight excluding hydrogens is 334 g/mol. The molecule has 1 aliphatic rings. The molecule has 2 aromatic rings. The van der Waals surface area contributed by atoms with E-state index >= 15 is 0 Å². The molecule has 2 aromatic heterocycles. The normalized spacial score (nSPS) is 18.9. The highest BCUT2D eigenvalue weighted by Crippen LogP contribution is 2.26. The number of nitrogens with zero attached hydrogens (tertiary/aromatic N) is 7. The van der Waals surface area contributed by atoms with Gasteiger partial charge in [-0.1, -0.05) is 6.58 Å². The summed E-state index contributed by atoms with van der Waals surface area (Å²) in [5, 5.41) is 9.71. The van der Waals surface area contributed by atoms with E-state index in [1.165, 1.54) is 6.33 Å². The first-order chi connectivity index (χ1) is 12.5. The summed E-state index contributed by atoms with van der Waals surface area (Å²) >= 11 is 0. The topological polar surface area (TPSA) is 100 Å².